The van der Waals surface area contributed by atoms with Gasteiger partial charge in [0.2, 0.25) is 0 Å². The highest BCUT2D eigenvalue weighted by molar-refractivity contribution is 4.86. The van der Waals surface area contributed by atoms with Crippen LogP contribution in [0.15, 0.2) is 0 Å². The summed E-state index contributed by atoms with van der Waals surface area (Å²) in [5, 5.41) is 0. The molecule has 1 saturated heterocycles. The minimum Gasteiger partial charge on any atom is -0.326 e. The molecule has 4 atom stereocenters. The maximum absolute atomic E-state index is 6.49. The molecule has 2 heteroatoms. The summed E-state index contributed by atoms with van der Waals surface area (Å²) in [4.78, 5) is 2.66. The maximum Gasteiger partial charge on any atom is 0.0196 e. The van der Waals surface area contributed by atoms with Crippen molar-refractivity contribution in [2.24, 2.45) is 23.5 Å². The Bertz CT molecular complexity index is 247. The van der Waals surface area contributed by atoms with Crippen molar-refractivity contribution in [3.8, 4) is 0 Å². The average molecular weight is 252 g/mol. The molecule has 1 saturated carbocycles. The van der Waals surface area contributed by atoms with Crippen molar-refractivity contribution in [1.29, 1.82) is 0 Å². The molecule has 0 amide bonds. The summed E-state index contributed by atoms with van der Waals surface area (Å²) < 4.78 is 0. The van der Waals surface area contributed by atoms with Crippen LogP contribution in [0.3, 0.4) is 0 Å². The van der Waals surface area contributed by atoms with Gasteiger partial charge in [0.05, 0.1) is 0 Å². The van der Waals surface area contributed by atoms with Crippen LogP contribution in [0.4, 0.5) is 0 Å². The summed E-state index contributed by atoms with van der Waals surface area (Å²) in [7, 11) is 0. The van der Waals surface area contributed by atoms with E-state index < -0.39 is 0 Å². The molecule has 0 aromatic heterocycles. The monoisotopic (exact) mass is 252 g/mol. The summed E-state index contributed by atoms with van der Waals surface area (Å²) >= 11 is 0. The Balaban J connectivity index is 1.86. The fourth-order valence-corrected chi connectivity index (χ4v) is 4.06. The fraction of sp³-hybridized carbons (Fsp3) is 1.00. The summed E-state index contributed by atoms with van der Waals surface area (Å²) in [6.45, 7) is 9.57. The third-order valence-corrected chi connectivity index (χ3v) is 5.42. The van der Waals surface area contributed by atoms with Crippen LogP contribution in [0.5, 0.6) is 0 Å². The summed E-state index contributed by atoms with van der Waals surface area (Å²) in [5.41, 5.74) is 6.49. The van der Waals surface area contributed by atoms with Crippen molar-refractivity contribution in [3.63, 3.8) is 0 Å². The molecule has 2 fully saturated rings. The Kier molecular flexibility index (Phi) is 5.08. The Morgan fingerprint density at radius 1 is 1.11 bits per heavy atom. The van der Waals surface area contributed by atoms with Crippen molar-refractivity contribution in [1.82, 2.24) is 4.90 Å². The number of nitrogens with zero attached hydrogens (tertiary/aromatic N) is 1. The molecule has 2 nitrogen and oxygen atoms in total. The molecule has 2 N–H and O–H groups in total. The van der Waals surface area contributed by atoms with Crippen LogP contribution < -0.4 is 5.73 Å². The number of rotatable bonds is 3. The van der Waals surface area contributed by atoms with Gasteiger partial charge in [-0.2, -0.15) is 0 Å². The first kappa shape index (κ1) is 14.3. The number of piperidine rings is 1. The lowest BCUT2D eigenvalue weighted by atomic mass is 9.82. The van der Waals surface area contributed by atoms with E-state index in [0.717, 1.165) is 30.3 Å². The van der Waals surface area contributed by atoms with Crippen molar-refractivity contribution < 1.29 is 0 Å². The Labute approximate surface area is 113 Å². The number of likely N-dealkylation sites (tertiary alicyclic amines) is 1. The molecule has 2 rings (SSSR count). The molecule has 0 radical (unpaired) electrons. The highest BCUT2D eigenvalue weighted by atomic mass is 15.2. The zero-order chi connectivity index (χ0) is 13.1. The normalized spacial score (nSPS) is 37.7. The Morgan fingerprint density at radius 2 is 1.78 bits per heavy atom. The summed E-state index contributed by atoms with van der Waals surface area (Å²) in [6, 6.07) is 1.13. The first-order valence-corrected chi connectivity index (χ1v) is 8.07. The topological polar surface area (TPSA) is 29.3 Å². The highest BCUT2D eigenvalue weighted by Crippen LogP contribution is 2.30. The second kappa shape index (κ2) is 6.38. The molecular formula is C16H32N2. The second-order valence-corrected chi connectivity index (χ2v) is 7.07. The Hall–Kier alpha value is -0.0800. The minimum absolute atomic E-state index is 0.408. The first-order valence-electron chi connectivity index (χ1n) is 8.07. The predicted molar refractivity (Wildman–Crippen MR) is 78.5 cm³/mol. The van der Waals surface area contributed by atoms with Crippen molar-refractivity contribution >= 4 is 0 Å². The molecule has 1 aliphatic heterocycles. The molecule has 0 aromatic carbocycles. The van der Waals surface area contributed by atoms with E-state index >= 15 is 0 Å². The van der Waals surface area contributed by atoms with E-state index in [1.807, 2.05) is 0 Å². The van der Waals surface area contributed by atoms with Gasteiger partial charge in [0.25, 0.3) is 0 Å². The number of hydrogen-bond acceptors (Lipinski definition) is 2. The minimum atomic E-state index is 0.408. The average Bonchev–Trinajstić information content (AvgIpc) is 2.36. The molecule has 0 bridgehead atoms. The molecule has 106 valence electrons. The standard InChI is InChI=1S/C16H32N2/c1-12-9-13(2)14(3)18(10-12)11-16(17)15-7-5-4-6-8-15/h12-16H,4-11,17H2,1-3H3. The predicted octanol–water partition coefficient (Wildman–Crippen LogP) is 3.26. The van der Waals surface area contributed by atoms with Gasteiger partial charge in [-0.1, -0.05) is 33.1 Å². The molecule has 0 spiro atoms. The van der Waals surface area contributed by atoms with Crippen LogP contribution in [0, 0.1) is 17.8 Å². The molecule has 18 heavy (non-hydrogen) atoms. The molecule has 0 aromatic rings. The SMILES string of the molecule is CC1CC(C)C(C)N(CC(N)C2CCCCC2)C1. The lowest BCUT2D eigenvalue weighted by Crippen LogP contribution is -2.52. The van der Waals surface area contributed by atoms with E-state index in [4.69, 9.17) is 5.73 Å². The number of nitrogens with two attached hydrogens (primary N) is 1. The van der Waals surface area contributed by atoms with Crippen LogP contribution in [0.2, 0.25) is 0 Å². The van der Waals surface area contributed by atoms with E-state index in [-0.39, 0.29) is 0 Å². The van der Waals surface area contributed by atoms with E-state index in [2.05, 4.69) is 25.7 Å². The van der Waals surface area contributed by atoms with Gasteiger partial charge in [0, 0.05) is 25.2 Å². The van der Waals surface area contributed by atoms with Gasteiger partial charge >= 0.3 is 0 Å². The van der Waals surface area contributed by atoms with Crippen LogP contribution in [-0.2, 0) is 0 Å². The van der Waals surface area contributed by atoms with E-state index in [0.29, 0.717) is 6.04 Å². The van der Waals surface area contributed by atoms with Gasteiger partial charge in [-0.05, 0) is 43.9 Å². The van der Waals surface area contributed by atoms with Crippen LogP contribution in [0.25, 0.3) is 0 Å². The molecule has 4 unspecified atom stereocenters. The third kappa shape index (κ3) is 3.48. The zero-order valence-corrected chi connectivity index (χ0v) is 12.6. The summed E-state index contributed by atoms with van der Waals surface area (Å²) in [6.07, 6.45) is 8.36. The van der Waals surface area contributed by atoms with Gasteiger partial charge in [0.1, 0.15) is 0 Å². The third-order valence-electron chi connectivity index (χ3n) is 5.42. The molecule has 2 aliphatic rings. The maximum atomic E-state index is 6.49. The zero-order valence-electron chi connectivity index (χ0n) is 12.6. The van der Waals surface area contributed by atoms with Gasteiger partial charge < -0.3 is 5.73 Å². The van der Waals surface area contributed by atoms with Gasteiger partial charge in [0.15, 0.2) is 0 Å². The quantitative estimate of drug-likeness (QED) is 0.835. The van der Waals surface area contributed by atoms with Crippen molar-refractivity contribution in [2.45, 2.75) is 71.4 Å². The van der Waals surface area contributed by atoms with E-state index in [1.54, 1.807) is 0 Å². The van der Waals surface area contributed by atoms with Gasteiger partial charge in [-0.15, -0.1) is 0 Å². The molecule has 1 aliphatic carbocycles. The van der Waals surface area contributed by atoms with Crippen molar-refractivity contribution in [2.75, 3.05) is 13.1 Å². The van der Waals surface area contributed by atoms with Crippen LogP contribution in [-0.4, -0.2) is 30.1 Å². The lowest BCUT2D eigenvalue weighted by Gasteiger charge is -2.43. The smallest absolute Gasteiger partial charge is 0.0196 e. The summed E-state index contributed by atoms with van der Waals surface area (Å²) in [5.74, 6) is 2.46. The van der Waals surface area contributed by atoms with Crippen LogP contribution in [0.1, 0.15) is 59.3 Å². The van der Waals surface area contributed by atoms with E-state index in [9.17, 15) is 0 Å². The molecular weight excluding hydrogens is 220 g/mol. The highest BCUT2D eigenvalue weighted by Gasteiger charge is 2.31. The van der Waals surface area contributed by atoms with Crippen LogP contribution >= 0.6 is 0 Å². The first-order chi connectivity index (χ1) is 8.58. The molecule has 1 heterocycles. The van der Waals surface area contributed by atoms with E-state index in [1.165, 1.54) is 45.1 Å². The lowest BCUT2D eigenvalue weighted by molar-refractivity contribution is 0.0650. The van der Waals surface area contributed by atoms with Crippen molar-refractivity contribution in [3.05, 3.63) is 0 Å². The van der Waals surface area contributed by atoms with Gasteiger partial charge in [-0.25, -0.2) is 0 Å². The fourth-order valence-electron chi connectivity index (χ4n) is 4.06. The Morgan fingerprint density at radius 3 is 2.44 bits per heavy atom. The van der Waals surface area contributed by atoms with Gasteiger partial charge in [-0.3, -0.25) is 4.90 Å². The second-order valence-electron chi connectivity index (χ2n) is 7.07. The largest absolute Gasteiger partial charge is 0.326 e. The number of hydrogen-bond donors (Lipinski definition) is 1.